The number of carbonyl (C=O) groups excluding carboxylic acids is 1. The summed E-state index contributed by atoms with van der Waals surface area (Å²) in [5.74, 6) is 0.443. The number of halogens is 1. The number of benzene rings is 1. The van der Waals surface area contributed by atoms with E-state index in [1.165, 1.54) is 12.1 Å². The first-order valence-corrected chi connectivity index (χ1v) is 4.41. The van der Waals surface area contributed by atoms with Crippen LogP contribution in [0.5, 0.6) is 0 Å². The van der Waals surface area contributed by atoms with E-state index in [-0.39, 0.29) is 5.82 Å². The van der Waals surface area contributed by atoms with Gasteiger partial charge in [0.05, 0.1) is 0 Å². The van der Waals surface area contributed by atoms with Crippen LogP contribution in [0.1, 0.15) is 12.2 Å². The van der Waals surface area contributed by atoms with Crippen LogP contribution < -0.4 is 0 Å². The molecular formula is C11H9FO2. The van der Waals surface area contributed by atoms with E-state index < -0.39 is 0 Å². The Hall–Kier alpha value is -1.64. The third-order valence-corrected chi connectivity index (χ3v) is 2.04. The van der Waals surface area contributed by atoms with Crippen molar-refractivity contribution in [1.82, 2.24) is 0 Å². The first-order chi connectivity index (χ1) is 6.79. The number of hydrogen-bond acceptors (Lipinski definition) is 2. The Morgan fingerprint density at radius 1 is 1.36 bits per heavy atom. The maximum Gasteiger partial charge on any atom is 0.134 e. The monoisotopic (exact) mass is 192 g/mol. The van der Waals surface area contributed by atoms with Crippen molar-refractivity contribution < 1.29 is 13.6 Å². The maximum atomic E-state index is 12.8. The largest absolute Gasteiger partial charge is 0.461 e. The molecule has 0 aliphatic rings. The second kappa shape index (κ2) is 3.62. The highest BCUT2D eigenvalue weighted by Crippen LogP contribution is 2.20. The van der Waals surface area contributed by atoms with Gasteiger partial charge in [-0.25, -0.2) is 4.39 Å². The van der Waals surface area contributed by atoms with Crippen molar-refractivity contribution in [2.24, 2.45) is 0 Å². The lowest BCUT2D eigenvalue weighted by atomic mass is 10.2. The van der Waals surface area contributed by atoms with Gasteiger partial charge in [-0.1, -0.05) is 0 Å². The molecule has 2 rings (SSSR count). The lowest BCUT2D eigenvalue weighted by Crippen LogP contribution is -1.80. The third kappa shape index (κ3) is 1.66. The maximum absolute atomic E-state index is 12.8. The van der Waals surface area contributed by atoms with Crippen molar-refractivity contribution in [3.05, 3.63) is 35.8 Å². The molecule has 0 N–H and O–H groups in total. The van der Waals surface area contributed by atoms with Crippen molar-refractivity contribution >= 4 is 17.3 Å². The summed E-state index contributed by atoms with van der Waals surface area (Å²) in [5, 5.41) is 0.742. The normalized spacial score (nSPS) is 10.6. The van der Waals surface area contributed by atoms with Gasteiger partial charge in [0.15, 0.2) is 0 Å². The second-order valence-electron chi connectivity index (χ2n) is 3.10. The molecule has 0 saturated carbocycles. The Balaban J connectivity index is 2.36. The first-order valence-electron chi connectivity index (χ1n) is 4.41. The lowest BCUT2D eigenvalue weighted by molar-refractivity contribution is -0.107. The van der Waals surface area contributed by atoms with Crippen LogP contribution in [0.25, 0.3) is 11.0 Å². The van der Waals surface area contributed by atoms with Gasteiger partial charge in [-0.15, -0.1) is 0 Å². The van der Waals surface area contributed by atoms with Crippen LogP contribution in [0.3, 0.4) is 0 Å². The first kappa shape index (κ1) is 8.94. The summed E-state index contributed by atoms with van der Waals surface area (Å²) in [5.41, 5.74) is 0.660. The molecule has 72 valence electrons. The quantitative estimate of drug-likeness (QED) is 0.700. The van der Waals surface area contributed by atoms with E-state index in [4.69, 9.17) is 4.42 Å². The summed E-state index contributed by atoms with van der Waals surface area (Å²) in [6.45, 7) is 0. The highest BCUT2D eigenvalue weighted by molar-refractivity contribution is 5.77. The SMILES string of the molecule is O=CCCc1cc2cc(F)ccc2o1. The molecule has 0 bridgehead atoms. The minimum absolute atomic E-state index is 0.278. The van der Waals surface area contributed by atoms with Crippen LogP contribution in [0.4, 0.5) is 4.39 Å². The van der Waals surface area contributed by atoms with Crippen LogP contribution in [-0.4, -0.2) is 6.29 Å². The molecule has 0 unspecified atom stereocenters. The summed E-state index contributed by atoms with van der Waals surface area (Å²) in [7, 11) is 0. The molecule has 14 heavy (non-hydrogen) atoms. The number of rotatable bonds is 3. The van der Waals surface area contributed by atoms with Gasteiger partial charge in [0.2, 0.25) is 0 Å². The van der Waals surface area contributed by atoms with E-state index >= 15 is 0 Å². The number of carbonyl (C=O) groups is 1. The summed E-state index contributed by atoms with van der Waals surface area (Å²) in [6.07, 6.45) is 1.84. The zero-order valence-electron chi connectivity index (χ0n) is 7.50. The van der Waals surface area contributed by atoms with Gasteiger partial charge < -0.3 is 9.21 Å². The van der Waals surface area contributed by atoms with E-state index in [9.17, 15) is 9.18 Å². The highest BCUT2D eigenvalue weighted by atomic mass is 19.1. The fraction of sp³-hybridized carbons (Fsp3) is 0.182. The number of aldehydes is 1. The molecule has 0 atom stereocenters. The van der Waals surface area contributed by atoms with E-state index in [1.807, 2.05) is 0 Å². The molecule has 0 spiro atoms. The van der Waals surface area contributed by atoms with Crippen LogP contribution in [0, 0.1) is 5.82 Å². The molecule has 0 radical (unpaired) electrons. The van der Waals surface area contributed by atoms with E-state index in [0.29, 0.717) is 18.4 Å². The van der Waals surface area contributed by atoms with Gasteiger partial charge in [-0.2, -0.15) is 0 Å². The molecule has 0 aliphatic heterocycles. The molecule has 1 heterocycles. The summed E-state index contributed by atoms with van der Waals surface area (Å²) in [6, 6.07) is 6.13. The van der Waals surface area contributed by atoms with E-state index in [0.717, 1.165) is 17.4 Å². The predicted molar refractivity (Wildman–Crippen MR) is 50.6 cm³/mol. The number of fused-ring (bicyclic) bond motifs is 1. The molecule has 3 heteroatoms. The van der Waals surface area contributed by atoms with Gasteiger partial charge in [-0.3, -0.25) is 0 Å². The van der Waals surface area contributed by atoms with E-state index in [2.05, 4.69) is 0 Å². The minimum Gasteiger partial charge on any atom is -0.461 e. The Labute approximate surface area is 80.3 Å². The predicted octanol–water partition coefficient (Wildman–Crippen LogP) is 2.70. The van der Waals surface area contributed by atoms with Gasteiger partial charge in [0, 0.05) is 18.2 Å². The van der Waals surface area contributed by atoms with Gasteiger partial charge in [0.1, 0.15) is 23.4 Å². The summed E-state index contributed by atoms with van der Waals surface area (Å²) in [4.78, 5) is 10.1. The average molecular weight is 192 g/mol. The van der Waals surface area contributed by atoms with Crippen molar-refractivity contribution in [3.8, 4) is 0 Å². The fourth-order valence-corrected chi connectivity index (χ4v) is 1.39. The number of furan rings is 1. The Kier molecular flexibility index (Phi) is 2.31. The fourth-order valence-electron chi connectivity index (χ4n) is 1.39. The number of hydrogen-bond donors (Lipinski definition) is 0. The summed E-state index contributed by atoms with van der Waals surface area (Å²) >= 11 is 0. The smallest absolute Gasteiger partial charge is 0.134 e. The molecule has 0 saturated heterocycles. The molecular weight excluding hydrogens is 183 g/mol. The van der Waals surface area contributed by atoms with Crippen molar-refractivity contribution in [1.29, 1.82) is 0 Å². The highest BCUT2D eigenvalue weighted by Gasteiger charge is 2.03. The van der Waals surface area contributed by atoms with Crippen LogP contribution in [0.2, 0.25) is 0 Å². The molecule has 1 aromatic heterocycles. The van der Waals surface area contributed by atoms with E-state index in [1.54, 1.807) is 12.1 Å². The summed E-state index contributed by atoms with van der Waals surface area (Å²) < 4.78 is 18.2. The van der Waals surface area contributed by atoms with Gasteiger partial charge in [-0.05, 0) is 24.3 Å². The minimum atomic E-state index is -0.278. The number of aryl methyl sites for hydroxylation is 1. The molecule has 1 aromatic carbocycles. The molecule has 2 nitrogen and oxygen atoms in total. The van der Waals surface area contributed by atoms with Crippen molar-refractivity contribution in [2.75, 3.05) is 0 Å². The van der Waals surface area contributed by atoms with Crippen LogP contribution in [-0.2, 0) is 11.2 Å². The Bertz CT molecular complexity index is 459. The molecule has 0 fully saturated rings. The molecule has 0 aliphatic carbocycles. The van der Waals surface area contributed by atoms with Gasteiger partial charge in [0.25, 0.3) is 0 Å². The zero-order valence-corrected chi connectivity index (χ0v) is 7.50. The second-order valence-corrected chi connectivity index (χ2v) is 3.10. The Morgan fingerprint density at radius 3 is 3.00 bits per heavy atom. The molecule has 0 amide bonds. The van der Waals surface area contributed by atoms with Crippen LogP contribution in [0.15, 0.2) is 28.7 Å². The van der Waals surface area contributed by atoms with Crippen LogP contribution >= 0.6 is 0 Å². The average Bonchev–Trinajstić information content (AvgIpc) is 2.56. The zero-order chi connectivity index (χ0) is 9.97. The van der Waals surface area contributed by atoms with Crippen molar-refractivity contribution in [3.63, 3.8) is 0 Å². The topological polar surface area (TPSA) is 30.2 Å². The van der Waals surface area contributed by atoms with Gasteiger partial charge >= 0.3 is 0 Å². The van der Waals surface area contributed by atoms with Crippen molar-refractivity contribution in [2.45, 2.75) is 12.8 Å². The standard InChI is InChI=1S/C11H9FO2/c12-9-3-4-11-8(6-9)7-10(14-11)2-1-5-13/h3-7H,1-2H2. The lowest BCUT2D eigenvalue weighted by Gasteiger charge is -1.88. The molecule has 2 aromatic rings. The third-order valence-electron chi connectivity index (χ3n) is 2.04. The Morgan fingerprint density at radius 2 is 2.21 bits per heavy atom.